The van der Waals surface area contributed by atoms with Gasteiger partial charge in [0, 0.05) is 0 Å². The summed E-state index contributed by atoms with van der Waals surface area (Å²) in [6, 6.07) is 0. The summed E-state index contributed by atoms with van der Waals surface area (Å²) < 4.78 is 34.8. The third-order valence-electron chi connectivity index (χ3n) is 1.02. The second kappa shape index (κ2) is 3.40. The van der Waals surface area contributed by atoms with Crippen molar-refractivity contribution < 1.29 is 13.2 Å². The minimum Gasteiger partial charge on any atom is -0.170 e. The van der Waals surface area contributed by atoms with Gasteiger partial charge in [0.1, 0.15) is 0 Å². The van der Waals surface area contributed by atoms with Crippen LogP contribution in [0.3, 0.4) is 0 Å². The molecule has 0 aliphatic carbocycles. The molecule has 56 valence electrons. The highest BCUT2D eigenvalue weighted by Gasteiger charge is 2.34. The Morgan fingerprint density at radius 2 is 1.89 bits per heavy atom. The van der Waals surface area contributed by atoms with E-state index in [9.17, 15) is 13.2 Å². The number of halogens is 3. The van der Waals surface area contributed by atoms with E-state index in [2.05, 4.69) is 0 Å². The summed E-state index contributed by atoms with van der Waals surface area (Å²) in [5.41, 5.74) is -1.22. The fraction of sp³-hybridized carbons (Fsp3) is 1.00. The quantitative estimate of drug-likeness (QED) is 0.542. The molecule has 0 spiro atoms. The number of alkyl halides is 3. The molecule has 0 aromatic heterocycles. The molecule has 0 saturated heterocycles. The molecular formula is C5H10F3P. The molecule has 0 rings (SSSR count). The molecule has 4 heteroatoms. The maximum Gasteiger partial charge on any atom is 0.395 e. The van der Waals surface area contributed by atoms with Crippen LogP contribution in [0, 0.1) is 0 Å². The minimum atomic E-state index is -4.03. The summed E-state index contributed by atoms with van der Waals surface area (Å²) in [6.45, 7) is 1.74. The van der Waals surface area contributed by atoms with E-state index in [-0.39, 0.29) is 6.42 Å². The zero-order valence-electron chi connectivity index (χ0n) is 5.20. The normalized spacial score (nSPS) is 15.7. The molecule has 9 heavy (non-hydrogen) atoms. The van der Waals surface area contributed by atoms with Gasteiger partial charge in [0.25, 0.3) is 0 Å². The molecule has 0 bridgehead atoms. The summed E-state index contributed by atoms with van der Waals surface area (Å²) in [7, 11) is 1.80. The Morgan fingerprint density at radius 1 is 1.44 bits per heavy atom. The fourth-order valence-corrected chi connectivity index (χ4v) is 0.808. The van der Waals surface area contributed by atoms with Crippen molar-refractivity contribution in [2.24, 2.45) is 0 Å². The first-order valence-corrected chi connectivity index (χ1v) is 3.47. The van der Waals surface area contributed by atoms with E-state index >= 15 is 0 Å². The van der Waals surface area contributed by atoms with Crippen molar-refractivity contribution in [1.29, 1.82) is 0 Å². The lowest BCUT2D eigenvalue weighted by atomic mass is 10.2. The smallest absolute Gasteiger partial charge is 0.170 e. The van der Waals surface area contributed by atoms with Crippen LogP contribution in [0.15, 0.2) is 0 Å². The molecule has 0 aliphatic heterocycles. The third-order valence-corrected chi connectivity index (χ3v) is 1.73. The molecular weight excluding hydrogens is 148 g/mol. The van der Waals surface area contributed by atoms with Crippen molar-refractivity contribution in [3.05, 3.63) is 0 Å². The third kappa shape index (κ3) is 3.74. The van der Waals surface area contributed by atoms with Gasteiger partial charge in [-0.2, -0.15) is 13.2 Å². The van der Waals surface area contributed by atoms with Crippen LogP contribution >= 0.6 is 9.24 Å². The average molecular weight is 158 g/mol. The molecule has 0 saturated carbocycles. The van der Waals surface area contributed by atoms with Gasteiger partial charge in [0.2, 0.25) is 0 Å². The second-order valence-corrected chi connectivity index (χ2v) is 2.74. The lowest BCUT2D eigenvalue weighted by molar-refractivity contribution is -0.130. The van der Waals surface area contributed by atoms with Crippen molar-refractivity contribution in [3.8, 4) is 0 Å². The van der Waals surface area contributed by atoms with Crippen LogP contribution in [0.1, 0.15) is 19.8 Å². The van der Waals surface area contributed by atoms with E-state index in [1.165, 1.54) is 0 Å². The molecule has 2 unspecified atom stereocenters. The predicted octanol–water partition coefficient (Wildman–Crippen LogP) is 2.59. The molecule has 0 fully saturated rings. The largest absolute Gasteiger partial charge is 0.395 e. The van der Waals surface area contributed by atoms with Crippen molar-refractivity contribution in [3.63, 3.8) is 0 Å². The first-order valence-electron chi connectivity index (χ1n) is 2.80. The van der Waals surface area contributed by atoms with Gasteiger partial charge in [0.15, 0.2) is 0 Å². The summed E-state index contributed by atoms with van der Waals surface area (Å²) in [5.74, 6) is 0. The first-order chi connectivity index (χ1) is 3.98. The van der Waals surface area contributed by atoms with Crippen LogP contribution in [-0.2, 0) is 0 Å². The molecule has 0 amide bonds. The molecule has 0 N–H and O–H groups in total. The van der Waals surface area contributed by atoms with E-state index in [1.54, 1.807) is 16.2 Å². The zero-order chi connectivity index (χ0) is 7.49. The highest BCUT2D eigenvalue weighted by Crippen LogP contribution is 2.29. The van der Waals surface area contributed by atoms with Gasteiger partial charge in [-0.05, 0) is 6.42 Å². The summed E-state index contributed by atoms with van der Waals surface area (Å²) in [4.78, 5) is 0. The summed E-state index contributed by atoms with van der Waals surface area (Å²) in [5, 5.41) is 0. The maximum atomic E-state index is 11.6. The predicted molar refractivity (Wildman–Crippen MR) is 34.5 cm³/mol. The standard InChI is InChI=1S/C5H10F3P/c1-2-3-4(9)5(6,7)8/h4H,2-3,9H2,1H3. The Labute approximate surface area is 55.0 Å². The van der Waals surface area contributed by atoms with E-state index < -0.39 is 11.8 Å². The topological polar surface area (TPSA) is 0 Å². The van der Waals surface area contributed by atoms with Crippen LogP contribution < -0.4 is 0 Å². The summed E-state index contributed by atoms with van der Waals surface area (Å²) >= 11 is 0. The Balaban J connectivity index is 3.59. The minimum absolute atomic E-state index is 0.203. The zero-order valence-corrected chi connectivity index (χ0v) is 6.36. The Kier molecular flexibility index (Phi) is 3.49. The Morgan fingerprint density at radius 3 is 2.00 bits per heavy atom. The lowest BCUT2D eigenvalue weighted by Crippen LogP contribution is -2.22. The maximum absolute atomic E-state index is 11.6. The SMILES string of the molecule is CCCC(P)C(F)(F)F. The Bertz CT molecular complexity index is 78.8. The van der Waals surface area contributed by atoms with Gasteiger partial charge in [0.05, 0.1) is 5.66 Å². The van der Waals surface area contributed by atoms with Crippen LogP contribution in [0.25, 0.3) is 0 Å². The van der Waals surface area contributed by atoms with Crippen LogP contribution in [0.4, 0.5) is 13.2 Å². The van der Waals surface area contributed by atoms with Crippen molar-refractivity contribution >= 4 is 9.24 Å². The van der Waals surface area contributed by atoms with E-state index in [4.69, 9.17) is 0 Å². The van der Waals surface area contributed by atoms with E-state index in [0.717, 1.165) is 0 Å². The second-order valence-electron chi connectivity index (χ2n) is 1.94. The van der Waals surface area contributed by atoms with Gasteiger partial charge in [-0.15, -0.1) is 9.24 Å². The average Bonchev–Trinajstić information content (AvgIpc) is 1.64. The molecule has 0 aromatic carbocycles. The van der Waals surface area contributed by atoms with Crippen molar-refractivity contribution in [1.82, 2.24) is 0 Å². The lowest BCUT2D eigenvalue weighted by Gasteiger charge is -2.13. The highest BCUT2D eigenvalue weighted by molar-refractivity contribution is 7.17. The van der Waals surface area contributed by atoms with E-state index in [0.29, 0.717) is 6.42 Å². The molecule has 0 aromatic rings. The molecule has 0 radical (unpaired) electrons. The molecule has 0 aliphatic rings. The molecule has 2 atom stereocenters. The molecule has 0 heterocycles. The monoisotopic (exact) mass is 158 g/mol. The van der Waals surface area contributed by atoms with Gasteiger partial charge < -0.3 is 0 Å². The molecule has 0 nitrogen and oxygen atoms in total. The fourth-order valence-electron chi connectivity index (χ4n) is 0.475. The first kappa shape index (κ1) is 9.22. The van der Waals surface area contributed by atoms with Gasteiger partial charge in [-0.25, -0.2) is 0 Å². The van der Waals surface area contributed by atoms with Crippen LogP contribution in [-0.4, -0.2) is 11.8 Å². The van der Waals surface area contributed by atoms with Crippen LogP contribution in [0.5, 0.6) is 0 Å². The van der Waals surface area contributed by atoms with Gasteiger partial charge in [-0.3, -0.25) is 0 Å². The highest BCUT2D eigenvalue weighted by atomic mass is 31.0. The Hall–Kier alpha value is 0.220. The van der Waals surface area contributed by atoms with E-state index in [1.807, 2.05) is 0 Å². The van der Waals surface area contributed by atoms with Gasteiger partial charge in [-0.1, -0.05) is 13.3 Å². The number of rotatable bonds is 2. The number of hydrogen-bond donors (Lipinski definition) is 0. The van der Waals surface area contributed by atoms with Crippen molar-refractivity contribution in [2.75, 3.05) is 0 Å². The van der Waals surface area contributed by atoms with Gasteiger partial charge >= 0.3 is 6.18 Å². The summed E-state index contributed by atoms with van der Waals surface area (Å²) in [6.07, 6.45) is -3.25. The van der Waals surface area contributed by atoms with Crippen molar-refractivity contribution in [2.45, 2.75) is 31.6 Å². The van der Waals surface area contributed by atoms with Crippen LogP contribution in [0.2, 0.25) is 0 Å². The number of hydrogen-bond acceptors (Lipinski definition) is 0.